The fourth-order valence-corrected chi connectivity index (χ4v) is 4.14. The predicted molar refractivity (Wildman–Crippen MR) is 113 cm³/mol. The fraction of sp³-hybridized carbons (Fsp3) is 0.250. The summed E-state index contributed by atoms with van der Waals surface area (Å²) in [6, 6.07) is 19.9. The number of morpholine rings is 1. The maximum Gasteiger partial charge on any atom is 0.411 e. The third kappa shape index (κ3) is 3.74. The Kier molecular flexibility index (Phi) is 5.07. The molecule has 2 aliphatic rings. The molecule has 2 aliphatic heterocycles. The highest BCUT2D eigenvalue weighted by atomic mass is 16.6. The van der Waals surface area contributed by atoms with E-state index in [0.717, 1.165) is 17.7 Å². The molecule has 152 valence electrons. The summed E-state index contributed by atoms with van der Waals surface area (Å²) in [5, 5.41) is 4.27. The molecular weight excluding hydrogens is 378 g/mol. The molecule has 5 rings (SSSR count). The van der Waals surface area contributed by atoms with Gasteiger partial charge < -0.3 is 9.47 Å². The van der Waals surface area contributed by atoms with Crippen LogP contribution in [-0.4, -0.2) is 46.1 Å². The Bertz CT molecular complexity index is 1030. The number of hydrogen-bond donors (Lipinski definition) is 0. The molecule has 0 N–H and O–H groups in total. The Morgan fingerprint density at radius 3 is 2.63 bits per heavy atom. The summed E-state index contributed by atoms with van der Waals surface area (Å²) in [6.45, 7) is 1.30. The van der Waals surface area contributed by atoms with Gasteiger partial charge in [-0.25, -0.2) is 9.48 Å². The van der Waals surface area contributed by atoms with Crippen molar-refractivity contribution in [3.8, 4) is 5.69 Å². The second-order valence-corrected chi connectivity index (χ2v) is 7.60. The monoisotopic (exact) mass is 401 g/mol. The number of nitrogens with zero attached hydrogens (tertiary/aromatic N) is 3. The first-order chi connectivity index (χ1) is 14.8. The van der Waals surface area contributed by atoms with Crippen LogP contribution in [0.2, 0.25) is 0 Å². The second kappa shape index (κ2) is 8.16. The van der Waals surface area contributed by atoms with E-state index in [9.17, 15) is 4.79 Å². The largest absolute Gasteiger partial charge is 0.445 e. The Hall–Kier alpha value is -3.38. The Morgan fingerprint density at radius 1 is 1.07 bits per heavy atom. The lowest BCUT2D eigenvalue weighted by Gasteiger charge is -2.43. The van der Waals surface area contributed by atoms with Gasteiger partial charge in [0.25, 0.3) is 0 Å². The van der Waals surface area contributed by atoms with Crippen molar-refractivity contribution in [1.29, 1.82) is 0 Å². The van der Waals surface area contributed by atoms with Gasteiger partial charge in [0.05, 0.1) is 31.0 Å². The summed E-state index contributed by atoms with van der Waals surface area (Å²) in [6.07, 6.45) is 6.31. The quantitative estimate of drug-likeness (QED) is 0.661. The summed E-state index contributed by atoms with van der Waals surface area (Å²) in [7, 11) is 0. The van der Waals surface area contributed by atoms with Crippen molar-refractivity contribution < 1.29 is 14.3 Å². The van der Waals surface area contributed by atoms with Gasteiger partial charge in [-0.15, -0.1) is 0 Å². The third-order valence-corrected chi connectivity index (χ3v) is 5.62. The van der Waals surface area contributed by atoms with Gasteiger partial charge in [-0.3, -0.25) is 4.90 Å². The molecule has 2 unspecified atom stereocenters. The number of hydrogen-bond acceptors (Lipinski definition) is 4. The van der Waals surface area contributed by atoms with Gasteiger partial charge in [0.1, 0.15) is 6.61 Å². The fourth-order valence-electron chi connectivity index (χ4n) is 4.14. The molecule has 0 aliphatic carbocycles. The van der Waals surface area contributed by atoms with E-state index < -0.39 is 0 Å². The first-order valence-electron chi connectivity index (χ1n) is 10.2. The number of fused-ring (bicyclic) bond motifs is 2. The Labute approximate surface area is 175 Å². The summed E-state index contributed by atoms with van der Waals surface area (Å²) < 4.78 is 13.2. The smallest absolute Gasteiger partial charge is 0.411 e. The third-order valence-electron chi connectivity index (χ3n) is 5.62. The summed E-state index contributed by atoms with van der Waals surface area (Å²) in [5.74, 6) is 0. The van der Waals surface area contributed by atoms with E-state index in [0.29, 0.717) is 13.2 Å². The minimum Gasteiger partial charge on any atom is -0.445 e. The van der Waals surface area contributed by atoms with Gasteiger partial charge in [-0.05, 0) is 41.3 Å². The Balaban J connectivity index is 1.31. The van der Waals surface area contributed by atoms with E-state index in [4.69, 9.17) is 9.47 Å². The van der Waals surface area contributed by atoms with E-state index in [2.05, 4.69) is 35.4 Å². The zero-order valence-electron chi connectivity index (χ0n) is 16.6. The SMILES string of the molecule is O=C(OCc1ccccc1)N1C2C=C(c3ccc(-n4cccn4)cc3)CC1COC2. The molecule has 6 nitrogen and oxygen atoms in total. The van der Waals surface area contributed by atoms with Gasteiger partial charge in [-0.2, -0.15) is 5.10 Å². The molecule has 2 bridgehead atoms. The zero-order valence-corrected chi connectivity index (χ0v) is 16.6. The summed E-state index contributed by atoms with van der Waals surface area (Å²) in [4.78, 5) is 14.7. The molecule has 0 spiro atoms. The molecule has 2 aromatic carbocycles. The molecule has 1 amide bonds. The molecule has 0 radical (unpaired) electrons. The van der Waals surface area contributed by atoms with Crippen molar-refractivity contribution in [1.82, 2.24) is 14.7 Å². The number of carbonyl (C=O) groups is 1. The van der Waals surface area contributed by atoms with Crippen molar-refractivity contribution in [3.05, 3.63) is 90.3 Å². The molecule has 1 saturated heterocycles. The molecule has 0 saturated carbocycles. The number of ether oxygens (including phenoxy) is 2. The van der Waals surface area contributed by atoms with Crippen LogP contribution < -0.4 is 0 Å². The summed E-state index contributed by atoms with van der Waals surface area (Å²) in [5.41, 5.74) is 4.42. The van der Waals surface area contributed by atoms with Crippen LogP contribution in [0.5, 0.6) is 0 Å². The standard InChI is InChI=1S/C24H23N3O3/c28-24(30-15-18-5-2-1-3-6-18)27-22-13-20(14-23(27)17-29-16-22)19-7-9-21(10-8-19)26-12-4-11-25-26/h1-13,22-23H,14-17H2. The molecule has 30 heavy (non-hydrogen) atoms. The maximum absolute atomic E-state index is 12.8. The number of amides is 1. The van der Waals surface area contributed by atoms with E-state index in [1.807, 2.05) is 52.2 Å². The van der Waals surface area contributed by atoms with Crippen molar-refractivity contribution in [3.63, 3.8) is 0 Å². The average molecular weight is 401 g/mol. The predicted octanol–water partition coefficient (Wildman–Crippen LogP) is 4.07. The van der Waals surface area contributed by atoms with Gasteiger partial charge >= 0.3 is 6.09 Å². The molecule has 1 aromatic heterocycles. The molecular formula is C24H23N3O3. The van der Waals surface area contributed by atoms with Crippen LogP contribution in [0.25, 0.3) is 11.3 Å². The highest BCUT2D eigenvalue weighted by Gasteiger charge is 2.39. The van der Waals surface area contributed by atoms with Crippen LogP contribution >= 0.6 is 0 Å². The van der Waals surface area contributed by atoms with E-state index >= 15 is 0 Å². The van der Waals surface area contributed by atoms with Gasteiger partial charge in [0.15, 0.2) is 0 Å². The topological polar surface area (TPSA) is 56.6 Å². The van der Waals surface area contributed by atoms with Gasteiger partial charge in [0, 0.05) is 12.4 Å². The second-order valence-electron chi connectivity index (χ2n) is 7.60. The van der Waals surface area contributed by atoms with Crippen molar-refractivity contribution in [2.24, 2.45) is 0 Å². The number of rotatable bonds is 4. The van der Waals surface area contributed by atoms with Crippen molar-refractivity contribution in [2.75, 3.05) is 13.2 Å². The highest BCUT2D eigenvalue weighted by Crippen LogP contribution is 2.33. The lowest BCUT2D eigenvalue weighted by molar-refractivity contribution is -0.0342. The Morgan fingerprint density at radius 2 is 1.90 bits per heavy atom. The summed E-state index contributed by atoms with van der Waals surface area (Å²) >= 11 is 0. The minimum absolute atomic E-state index is 0.0159. The minimum atomic E-state index is -0.276. The van der Waals surface area contributed by atoms with Crippen LogP contribution in [0.4, 0.5) is 4.79 Å². The molecule has 3 heterocycles. The molecule has 3 aromatic rings. The molecule has 1 fully saturated rings. The number of carbonyl (C=O) groups excluding carboxylic acids is 1. The van der Waals surface area contributed by atoms with Crippen LogP contribution in [0, 0.1) is 0 Å². The lowest BCUT2D eigenvalue weighted by atomic mass is 9.90. The zero-order chi connectivity index (χ0) is 20.3. The normalized spacial score (nSPS) is 20.5. The molecule has 2 atom stereocenters. The maximum atomic E-state index is 12.8. The van der Waals surface area contributed by atoms with Gasteiger partial charge in [0.2, 0.25) is 0 Å². The van der Waals surface area contributed by atoms with Crippen molar-refractivity contribution >= 4 is 11.7 Å². The molecule has 6 heteroatoms. The van der Waals surface area contributed by atoms with Gasteiger partial charge in [-0.1, -0.05) is 48.5 Å². The van der Waals surface area contributed by atoms with Crippen molar-refractivity contribution in [2.45, 2.75) is 25.1 Å². The van der Waals surface area contributed by atoms with Crippen LogP contribution in [-0.2, 0) is 16.1 Å². The van der Waals surface area contributed by atoms with Crippen LogP contribution in [0.1, 0.15) is 17.5 Å². The average Bonchev–Trinajstić information content (AvgIpc) is 3.32. The number of aromatic nitrogens is 2. The first-order valence-corrected chi connectivity index (χ1v) is 10.2. The highest BCUT2D eigenvalue weighted by molar-refractivity contribution is 5.74. The lowest BCUT2D eigenvalue weighted by Crippen LogP contribution is -2.56. The van der Waals surface area contributed by atoms with Crippen LogP contribution in [0.3, 0.4) is 0 Å². The number of benzene rings is 2. The first kappa shape index (κ1) is 18.6. The van der Waals surface area contributed by atoms with E-state index in [-0.39, 0.29) is 24.8 Å². The van der Waals surface area contributed by atoms with E-state index in [1.165, 1.54) is 11.1 Å². The van der Waals surface area contributed by atoms with E-state index in [1.54, 1.807) is 6.20 Å². The van der Waals surface area contributed by atoms with Crippen LogP contribution in [0.15, 0.2) is 79.1 Å².